The van der Waals surface area contributed by atoms with Crippen LogP contribution in [-0.2, 0) is 6.42 Å². The van der Waals surface area contributed by atoms with Crippen LogP contribution in [0.1, 0.15) is 16.1 Å². The Morgan fingerprint density at radius 3 is 2.78 bits per heavy atom. The number of rotatable bonds is 4. The molecule has 0 saturated heterocycles. The fourth-order valence-corrected chi connectivity index (χ4v) is 1.61. The lowest BCUT2D eigenvalue weighted by atomic mass is 10.1. The maximum atomic E-state index is 12.3. The Labute approximate surface area is 101 Å². The number of hydrogen-bond donors (Lipinski definition) is 2. The van der Waals surface area contributed by atoms with E-state index in [0.29, 0.717) is 16.8 Å². The summed E-state index contributed by atoms with van der Waals surface area (Å²) in [4.78, 5) is 10.7. The summed E-state index contributed by atoms with van der Waals surface area (Å²) >= 11 is 0. The molecule has 0 atom stereocenters. The van der Waals surface area contributed by atoms with Crippen LogP contribution in [0.3, 0.4) is 0 Å². The Balaban J connectivity index is 2.29. The molecule has 0 spiro atoms. The normalized spacial score (nSPS) is 10.8. The second kappa shape index (κ2) is 4.95. The number of H-pyrrole nitrogens is 1. The molecule has 1 aromatic heterocycles. The van der Waals surface area contributed by atoms with Gasteiger partial charge in [-0.2, -0.15) is 5.10 Å². The molecule has 0 bridgehead atoms. The predicted molar refractivity (Wildman–Crippen MR) is 60.7 cm³/mol. The number of halogens is 2. The van der Waals surface area contributed by atoms with Crippen LogP contribution in [0.15, 0.2) is 30.3 Å². The van der Waals surface area contributed by atoms with E-state index in [4.69, 9.17) is 5.11 Å². The number of aromatic carboxylic acids is 1. The molecule has 2 rings (SSSR count). The number of aromatic amines is 1. The number of aromatic nitrogens is 2. The van der Waals surface area contributed by atoms with Gasteiger partial charge in [0.05, 0.1) is 5.69 Å². The van der Waals surface area contributed by atoms with Gasteiger partial charge in [-0.25, -0.2) is 13.6 Å². The van der Waals surface area contributed by atoms with Crippen LogP contribution in [0.2, 0.25) is 0 Å². The van der Waals surface area contributed by atoms with Gasteiger partial charge in [-0.1, -0.05) is 18.2 Å². The molecular formula is C12H10F2N2O2. The summed E-state index contributed by atoms with van der Waals surface area (Å²) < 4.78 is 24.5. The first-order chi connectivity index (χ1) is 8.56. The quantitative estimate of drug-likeness (QED) is 0.878. The van der Waals surface area contributed by atoms with Gasteiger partial charge in [0.2, 0.25) is 6.43 Å². The molecule has 0 aliphatic heterocycles. The number of alkyl halides is 2. The van der Waals surface area contributed by atoms with Crippen LogP contribution in [0.25, 0.3) is 11.3 Å². The smallest absolute Gasteiger partial charge is 0.353 e. The molecule has 4 nitrogen and oxygen atoms in total. The van der Waals surface area contributed by atoms with E-state index < -0.39 is 12.4 Å². The number of carbonyl (C=O) groups is 1. The Bertz CT molecular complexity index is 567. The molecule has 6 heteroatoms. The van der Waals surface area contributed by atoms with Crippen LogP contribution >= 0.6 is 0 Å². The molecular weight excluding hydrogens is 242 g/mol. The summed E-state index contributed by atoms with van der Waals surface area (Å²) in [6, 6.07) is 7.87. The number of carboxylic acids is 1. The summed E-state index contributed by atoms with van der Waals surface area (Å²) in [5.74, 6) is -1.11. The molecule has 0 aliphatic carbocycles. The zero-order chi connectivity index (χ0) is 13.1. The van der Waals surface area contributed by atoms with Crippen LogP contribution in [0.5, 0.6) is 0 Å². The molecule has 0 radical (unpaired) electrons. The number of hydrogen-bond acceptors (Lipinski definition) is 2. The predicted octanol–water partition coefficient (Wildman–Crippen LogP) is 2.58. The Morgan fingerprint density at radius 1 is 1.39 bits per heavy atom. The second-order valence-corrected chi connectivity index (χ2v) is 3.77. The van der Waals surface area contributed by atoms with E-state index in [2.05, 4.69) is 10.2 Å². The lowest BCUT2D eigenvalue weighted by Gasteiger charge is -2.02. The van der Waals surface area contributed by atoms with Gasteiger partial charge in [0, 0.05) is 12.0 Å². The van der Waals surface area contributed by atoms with Crippen molar-refractivity contribution < 1.29 is 18.7 Å². The van der Waals surface area contributed by atoms with E-state index in [-0.39, 0.29) is 12.1 Å². The standard InChI is InChI=1S/C12H10F2N2O2/c13-11(14)5-7-2-1-3-8(4-7)9-6-10(12(17)18)16-15-9/h1-4,6,11H,5H2,(H,15,16)(H,17,18). The third-order valence-electron chi connectivity index (χ3n) is 2.42. The lowest BCUT2D eigenvalue weighted by molar-refractivity contribution is 0.0690. The van der Waals surface area contributed by atoms with Crippen LogP contribution in [0.4, 0.5) is 8.78 Å². The molecule has 0 unspecified atom stereocenters. The molecule has 2 aromatic rings. The van der Waals surface area contributed by atoms with E-state index in [0.717, 1.165) is 0 Å². The largest absolute Gasteiger partial charge is 0.477 e. The summed E-state index contributed by atoms with van der Waals surface area (Å²) in [6.45, 7) is 0. The van der Waals surface area contributed by atoms with Crippen LogP contribution in [0, 0.1) is 0 Å². The summed E-state index contributed by atoms with van der Waals surface area (Å²) in [7, 11) is 0. The number of nitrogens with zero attached hydrogens (tertiary/aromatic N) is 1. The van der Waals surface area contributed by atoms with Gasteiger partial charge in [-0.15, -0.1) is 0 Å². The first-order valence-corrected chi connectivity index (χ1v) is 5.22. The van der Waals surface area contributed by atoms with Gasteiger partial charge in [0.15, 0.2) is 0 Å². The Hall–Kier alpha value is -2.24. The summed E-state index contributed by atoms with van der Waals surface area (Å²) in [6.07, 6.45) is -2.74. The topological polar surface area (TPSA) is 66.0 Å². The van der Waals surface area contributed by atoms with E-state index in [1.54, 1.807) is 24.3 Å². The minimum Gasteiger partial charge on any atom is -0.477 e. The molecule has 18 heavy (non-hydrogen) atoms. The first-order valence-electron chi connectivity index (χ1n) is 5.22. The third-order valence-corrected chi connectivity index (χ3v) is 2.42. The zero-order valence-electron chi connectivity index (χ0n) is 9.23. The molecule has 0 aliphatic rings. The van der Waals surface area contributed by atoms with Crippen molar-refractivity contribution in [1.29, 1.82) is 0 Å². The van der Waals surface area contributed by atoms with Gasteiger partial charge in [-0.3, -0.25) is 5.10 Å². The van der Waals surface area contributed by atoms with Crippen molar-refractivity contribution in [2.24, 2.45) is 0 Å². The van der Waals surface area contributed by atoms with E-state index in [1.165, 1.54) is 6.07 Å². The van der Waals surface area contributed by atoms with Crippen molar-refractivity contribution in [2.75, 3.05) is 0 Å². The minimum atomic E-state index is -2.41. The van der Waals surface area contributed by atoms with E-state index >= 15 is 0 Å². The molecule has 94 valence electrons. The van der Waals surface area contributed by atoms with Crippen molar-refractivity contribution in [3.8, 4) is 11.3 Å². The molecule has 1 heterocycles. The van der Waals surface area contributed by atoms with Gasteiger partial charge >= 0.3 is 5.97 Å². The van der Waals surface area contributed by atoms with Crippen LogP contribution in [-0.4, -0.2) is 27.7 Å². The average molecular weight is 252 g/mol. The van der Waals surface area contributed by atoms with Gasteiger partial charge < -0.3 is 5.11 Å². The fraction of sp³-hybridized carbons (Fsp3) is 0.167. The maximum absolute atomic E-state index is 12.3. The monoisotopic (exact) mass is 252 g/mol. The van der Waals surface area contributed by atoms with Gasteiger partial charge in [0.25, 0.3) is 0 Å². The third kappa shape index (κ3) is 2.71. The molecule has 2 N–H and O–H groups in total. The Morgan fingerprint density at radius 2 is 2.17 bits per heavy atom. The fourth-order valence-electron chi connectivity index (χ4n) is 1.61. The Kier molecular flexibility index (Phi) is 3.36. The van der Waals surface area contributed by atoms with Gasteiger partial charge in [-0.05, 0) is 17.7 Å². The second-order valence-electron chi connectivity index (χ2n) is 3.77. The van der Waals surface area contributed by atoms with Crippen molar-refractivity contribution >= 4 is 5.97 Å². The van der Waals surface area contributed by atoms with Crippen molar-refractivity contribution in [1.82, 2.24) is 10.2 Å². The highest BCUT2D eigenvalue weighted by molar-refractivity contribution is 5.86. The van der Waals surface area contributed by atoms with E-state index in [1.807, 2.05) is 0 Å². The van der Waals surface area contributed by atoms with Crippen LogP contribution < -0.4 is 0 Å². The van der Waals surface area contributed by atoms with Gasteiger partial charge in [0.1, 0.15) is 5.69 Å². The zero-order valence-corrected chi connectivity index (χ0v) is 9.23. The average Bonchev–Trinajstić information content (AvgIpc) is 2.77. The molecule has 0 amide bonds. The highest BCUT2D eigenvalue weighted by Crippen LogP contribution is 2.20. The molecule has 0 fully saturated rings. The number of benzene rings is 1. The molecule has 0 saturated carbocycles. The minimum absolute atomic E-state index is 0.0377. The number of nitrogens with one attached hydrogen (secondary N) is 1. The highest BCUT2D eigenvalue weighted by Gasteiger charge is 2.10. The number of carboxylic acid groups (broad SMARTS) is 1. The first kappa shape index (κ1) is 12.2. The SMILES string of the molecule is O=C(O)c1cc(-c2cccc(CC(F)F)c2)n[nH]1. The summed E-state index contributed by atoms with van der Waals surface area (Å²) in [5.41, 5.74) is 1.48. The maximum Gasteiger partial charge on any atom is 0.353 e. The summed E-state index contributed by atoms with van der Waals surface area (Å²) in [5, 5.41) is 14.9. The van der Waals surface area contributed by atoms with Crippen molar-refractivity contribution in [3.05, 3.63) is 41.6 Å². The lowest BCUT2D eigenvalue weighted by Crippen LogP contribution is -1.96. The van der Waals surface area contributed by atoms with Crippen molar-refractivity contribution in [2.45, 2.75) is 12.8 Å². The van der Waals surface area contributed by atoms with Crippen molar-refractivity contribution in [3.63, 3.8) is 0 Å². The van der Waals surface area contributed by atoms with E-state index in [9.17, 15) is 13.6 Å². The highest BCUT2D eigenvalue weighted by atomic mass is 19.3. The molecule has 1 aromatic carbocycles.